The van der Waals surface area contributed by atoms with Crippen LogP contribution in [0.3, 0.4) is 0 Å². The average Bonchev–Trinajstić information content (AvgIpc) is 3.29. The summed E-state index contributed by atoms with van der Waals surface area (Å²) in [5.41, 5.74) is 0.757. The standard InChI is InChI=1S/C20H27ClN6O3/c1-12(2)29-20(28)25-7-5-13(6-8-25)27-18-16(9-22-27)17(23-19(21)24-18)26-10-14-3-4-15(11-26)30-14/h9,12-15H,3-8,10-11H2,1-2H3. The van der Waals surface area contributed by atoms with Gasteiger partial charge in [0.05, 0.1) is 35.9 Å². The number of hydrogen-bond donors (Lipinski definition) is 0. The van der Waals surface area contributed by atoms with Crippen molar-refractivity contribution in [2.24, 2.45) is 0 Å². The normalized spacial score (nSPS) is 24.8. The molecule has 10 heteroatoms. The highest BCUT2D eigenvalue weighted by molar-refractivity contribution is 6.28. The van der Waals surface area contributed by atoms with Crippen molar-refractivity contribution >= 4 is 34.5 Å². The van der Waals surface area contributed by atoms with Gasteiger partial charge < -0.3 is 19.3 Å². The largest absolute Gasteiger partial charge is 0.447 e. The fourth-order valence-electron chi connectivity index (χ4n) is 4.75. The molecular weight excluding hydrogens is 408 g/mol. The first-order valence-corrected chi connectivity index (χ1v) is 11.1. The van der Waals surface area contributed by atoms with Crippen LogP contribution in [0.5, 0.6) is 0 Å². The predicted molar refractivity (Wildman–Crippen MR) is 112 cm³/mol. The molecule has 2 aromatic heterocycles. The van der Waals surface area contributed by atoms with E-state index in [1.54, 1.807) is 4.90 Å². The van der Waals surface area contributed by atoms with E-state index in [0.717, 1.165) is 55.6 Å². The van der Waals surface area contributed by atoms with Crippen molar-refractivity contribution < 1.29 is 14.3 Å². The van der Waals surface area contributed by atoms with Crippen molar-refractivity contribution in [1.82, 2.24) is 24.6 Å². The van der Waals surface area contributed by atoms with Gasteiger partial charge in [-0.25, -0.2) is 9.48 Å². The third-order valence-corrected chi connectivity index (χ3v) is 6.32. The lowest BCUT2D eigenvalue weighted by Gasteiger charge is -2.33. The van der Waals surface area contributed by atoms with Crippen molar-refractivity contribution in [2.45, 2.75) is 63.9 Å². The molecule has 0 spiro atoms. The molecule has 3 saturated heterocycles. The van der Waals surface area contributed by atoms with Crippen LogP contribution in [0.4, 0.5) is 10.6 Å². The summed E-state index contributed by atoms with van der Waals surface area (Å²) in [5, 5.41) is 5.80. The molecule has 5 rings (SSSR count). The van der Waals surface area contributed by atoms with Gasteiger partial charge in [0.25, 0.3) is 0 Å². The van der Waals surface area contributed by atoms with Crippen molar-refractivity contribution in [3.05, 3.63) is 11.5 Å². The van der Waals surface area contributed by atoms with Crippen LogP contribution in [0.1, 0.15) is 45.6 Å². The Balaban J connectivity index is 1.37. The maximum absolute atomic E-state index is 12.2. The van der Waals surface area contributed by atoms with Crippen LogP contribution < -0.4 is 4.90 Å². The fraction of sp³-hybridized carbons (Fsp3) is 0.700. The van der Waals surface area contributed by atoms with E-state index in [-0.39, 0.29) is 35.7 Å². The Hall–Kier alpha value is -2.13. The number of likely N-dealkylation sites (tertiary alicyclic amines) is 1. The first-order valence-electron chi connectivity index (χ1n) is 10.7. The number of piperidine rings is 1. The van der Waals surface area contributed by atoms with Gasteiger partial charge in [-0.15, -0.1) is 0 Å². The van der Waals surface area contributed by atoms with Gasteiger partial charge in [0.1, 0.15) is 5.82 Å². The predicted octanol–water partition coefficient (Wildman–Crippen LogP) is 3.03. The highest BCUT2D eigenvalue weighted by Gasteiger charge is 2.35. The highest BCUT2D eigenvalue weighted by Crippen LogP contribution is 2.34. The van der Waals surface area contributed by atoms with Gasteiger partial charge in [0, 0.05) is 26.2 Å². The zero-order valence-corrected chi connectivity index (χ0v) is 18.1. The zero-order valence-electron chi connectivity index (χ0n) is 17.3. The third-order valence-electron chi connectivity index (χ3n) is 6.15. The third kappa shape index (κ3) is 3.69. The summed E-state index contributed by atoms with van der Waals surface area (Å²) in [6.45, 7) is 6.63. The molecule has 0 aromatic carbocycles. The Bertz CT molecular complexity index is 930. The minimum atomic E-state index is -0.247. The molecule has 30 heavy (non-hydrogen) atoms. The minimum absolute atomic E-state index is 0.113. The summed E-state index contributed by atoms with van der Waals surface area (Å²) in [5.74, 6) is 0.842. The van der Waals surface area contributed by atoms with Crippen molar-refractivity contribution in [1.29, 1.82) is 0 Å². The SMILES string of the molecule is CC(C)OC(=O)N1CCC(n2ncc3c(N4CC5CCC(C4)O5)nc(Cl)nc32)CC1. The van der Waals surface area contributed by atoms with Crippen molar-refractivity contribution in [3.63, 3.8) is 0 Å². The number of rotatable bonds is 3. The van der Waals surface area contributed by atoms with E-state index in [1.165, 1.54) is 0 Å². The molecule has 2 atom stereocenters. The number of hydrogen-bond acceptors (Lipinski definition) is 7. The number of morpholine rings is 1. The maximum atomic E-state index is 12.2. The van der Waals surface area contributed by atoms with Crippen LogP contribution in [0.25, 0.3) is 11.0 Å². The van der Waals surface area contributed by atoms with E-state index in [9.17, 15) is 4.79 Å². The van der Waals surface area contributed by atoms with Crippen LogP contribution in [0, 0.1) is 0 Å². The summed E-state index contributed by atoms with van der Waals surface area (Å²) >= 11 is 6.32. The highest BCUT2D eigenvalue weighted by atomic mass is 35.5. The Labute approximate surface area is 180 Å². The molecule has 1 amide bonds. The van der Waals surface area contributed by atoms with E-state index in [1.807, 2.05) is 24.7 Å². The van der Waals surface area contributed by atoms with E-state index in [2.05, 4.69) is 20.0 Å². The molecule has 2 aromatic rings. The van der Waals surface area contributed by atoms with Crippen LogP contribution in [-0.2, 0) is 9.47 Å². The molecule has 3 fully saturated rings. The van der Waals surface area contributed by atoms with Crippen molar-refractivity contribution in [3.8, 4) is 0 Å². The summed E-state index contributed by atoms with van der Waals surface area (Å²) in [6, 6.07) is 0.158. The fourth-order valence-corrected chi connectivity index (χ4v) is 4.91. The Kier molecular flexibility index (Phi) is 5.18. The van der Waals surface area contributed by atoms with Crippen LogP contribution in [-0.4, -0.2) is 75.2 Å². The number of fused-ring (bicyclic) bond motifs is 3. The molecule has 0 saturated carbocycles. The molecule has 0 N–H and O–H groups in total. The van der Waals surface area contributed by atoms with E-state index >= 15 is 0 Å². The second kappa shape index (κ2) is 7.85. The lowest BCUT2D eigenvalue weighted by Crippen LogP contribution is -2.43. The second-order valence-corrected chi connectivity index (χ2v) is 8.99. The molecular formula is C20H27ClN6O3. The van der Waals surface area contributed by atoms with E-state index < -0.39 is 0 Å². The quantitative estimate of drug-likeness (QED) is 0.686. The summed E-state index contributed by atoms with van der Waals surface area (Å²) < 4.78 is 13.2. The van der Waals surface area contributed by atoms with Gasteiger partial charge in [-0.2, -0.15) is 15.1 Å². The van der Waals surface area contributed by atoms with Crippen LogP contribution >= 0.6 is 11.6 Å². The summed E-state index contributed by atoms with van der Waals surface area (Å²) in [7, 11) is 0. The first-order chi connectivity index (χ1) is 14.5. The van der Waals surface area contributed by atoms with Gasteiger partial charge in [-0.3, -0.25) is 0 Å². The van der Waals surface area contributed by atoms with Crippen LogP contribution in [0.2, 0.25) is 5.28 Å². The lowest BCUT2D eigenvalue weighted by atomic mass is 10.1. The first kappa shape index (κ1) is 19.8. The molecule has 9 nitrogen and oxygen atoms in total. The van der Waals surface area contributed by atoms with Gasteiger partial charge in [-0.05, 0) is 51.1 Å². The topological polar surface area (TPSA) is 85.6 Å². The van der Waals surface area contributed by atoms with Crippen LogP contribution in [0.15, 0.2) is 6.20 Å². The number of ether oxygens (including phenoxy) is 2. The second-order valence-electron chi connectivity index (χ2n) is 8.66. The molecule has 3 aliphatic heterocycles. The molecule has 0 radical (unpaired) electrons. The van der Waals surface area contributed by atoms with Gasteiger partial charge in [-0.1, -0.05) is 0 Å². The monoisotopic (exact) mass is 434 g/mol. The van der Waals surface area contributed by atoms with Gasteiger partial charge in [0.2, 0.25) is 5.28 Å². The molecule has 2 bridgehead atoms. The number of aromatic nitrogens is 4. The smallest absolute Gasteiger partial charge is 0.410 e. The minimum Gasteiger partial charge on any atom is -0.447 e. The molecule has 0 aliphatic carbocycles. The summed E-state index contributed by atoms with van der Waals surface area (Å²) in [6.07, 6.45) is 5.79. The Morgan fingerprint density at radius 3 is 2.53 bits per heavy atom. The zero-order chi connectivity index (χ0) is 20.8. The average molecular weight is 435 g/mol. The summed E-state index contributed by atoms with van der Waals surface area (Å²) in [4.78, 5) is 25.2. The maximum Gasteiger partial charge on any atom is 0.410 e. The number of nitrogens with zero attached hydrogens (tertiary/aromatic N) is 6. The molecule has 162 valence electrons. The van der Waals surface area contributed by atoms with Gasteiger partial charge in [0.15, 0.2) is 5.65 Å². The molecule has 3 aliphatic rings. The Morgan fingerprint density at radius 2 is 1.87 bits per heavy atom. The van der Waals surface area contributed by atoms with E-state index in [4.69, 9.17) is 21.1 Å². The number of amides is 1. The Morgan fingerprint density at radius 1 is 1.17 bits per heavy atom. The van der Waals surface area contributed by atoms with Crippen molar-refractivity contribution in [2.75, 3.05) is 31.1 Å². The van der Waals surface area contributed by atoms with Gasteiger partial charge >= 0.3 is 6.09 Å². The number of anilines is 1. The number of carbonyl (C=O) groups excluding carboxylic acids is 1. The number of carbonyl (C=O) groups is 1. The number of halogens is 1. The lowest BCUT2D eigenvalue weighted by molar-refractivity contribution is 0.0303. The van der Waals surface area contributed by atoms with E-state index in [0.29, 0.717) is 13.1 Å². The molecule has 2 unspecified atom stereocenters. The molecule has 5 heterocycles.